The predicted octanol–water partition coefficient (Wildman–Crippen LogP) is 2.73. The fourth-order valence-electron chi connectivity index (χ4n) is 4.95. The van der Waals surface area contributed by atoms with E-state index in [1.807, 2.05) is 48.5 Å². The zero-order valence-corrected chi connectivity index (χ0v) is 18.8. The predicted molar refractivity (Wildman–Crippen MR) is 126 cm³/mol. The summed E-state index contributed by atoms with van der Waals surface area (Å²) in [5.41, 5.74) is 2.70. The number of carbonyl (C=O) groups excluding carboxylic acids is 3. The van der Waals surface area contributed by atoms with E-state index >= 15 is 0 Å². The zero-order valence-electron chi connectivity index (χ0n) is 17.9. The first-order chi connectivity index (χ1) is 16.1. The van der Waals surface area contributed by atoms with E-state index in [2.05, 4.69) is 14.9 Å². The maximum Gasteiger partial charge on any atom is 0.247 e. The molecule has 8 nitrogen and oxygen atoms in total. The number of rotatable bonds is 2. The van der Waals surface area contributed by atoms with Crippen molar-refractivity contribution in [2.45, 2.75) is 29.5 Å². The van der Waals surface area contributed by atoms with Gasteiger partial charge in [0, 0.05) is 37.0 Å². The van der Waals surface area contributed by atoms with E-state index in [9.17, 15) is 14.4 Å². The fraction of sp³-hybridized carbons (Fsp3) is 0.333. The Morgan fingerprint density at radius 1 is 0.939 bits per heavy atom. The second-order valence-corrected chi connectivity index (χ2v) is 9.77. The van der Waals surface area contributed by atoms with Crippen molar-refractivity contribution >= 4 is 52.2 Å². The SMILES string of the molecule is O=C1Nc2ccccc2S[C@H]1C(=O)N1CCC(C(=O)N2CCn3c2nc2ccccc23)CC1. The van der Waals surface area contributed by atoms with Crippen molar-refractivity contribution < 1.29 is 14.4 Å². The molecule has 0 radical (unpaired) electrons. The standard InChI is InChI=1S/C24H23N5O3S/c30-21-20(33-19-8-4-2-6-17(19)25-21)23(32)27-11-9-15(10-12-27)22(31)29-14-13-28-18-7-3-1-5-16(18)26-24(28)29/h1-8,15,20H,9-14H2,(H,25,30)/t20-/m1/s1. The highest BCUT2D eigenvalue weighted by atomic mass is 32.2. The topological polar surface area (TPSA) is 87.5 Å². The molecular formula is C24H23N5O3S. The van der Waals surface area contributed by atoms with E-state index < -0.39 is 5.25 Å². The first-order valence-electron chi connectivity index (χ1n) is 11.2. The Kier molecular flexibility index (Phi) is 4.86. The highest BCUT2D eigenvalue weighted by molar-refractivity contribution is 8.01. The Morgan fingerprint density at radius 3 is 2.55 bits per heavy atom. The molecule has 9 heteroatoms. The van der Waals surface area contributed by atoms with Crippen molar-refractivity contribution in [3.05, 3.63) is 48.5 Å². The molecule has 3 aliphatic rings. The van der Waals surface area contributed by atoms with Crippen LogP contribution in [0.2, 0.25) is 0 Å². The highest BCUT2D eigenvalue weighted by Crippen LogP contribution is 2.37. The lowest BCUT2D eigenvalue weighted by molar-refractivity contribution is -0.137. The van der Waals surface area contributed by atoms with Crippen LogP contribution < -0.4 is 10.2 Å². The molecular weight excluding hydrogens is 438 g/mol. The van der Waals surface area contributed by atoms with E-state index in [-0.39, 0.29) is 23.6 Å². The Hall–Kier alpha value is -3.33. The number of para-hydroxylation sites is 3. The van der Waals surface area contributed by atoms with E-state index in [0.29, 0.717) is 38.4 Å². The zero-order chi connectivity index (χ0) is 22.5. The van der Waals surface area contributed by atoms with Gasteiger partial charge in [0.05, 0.1) is 16.7 Å². The molecule has 1 N–H and O–H groups in total. The van der Waals surface area contributed by atoms with Gasteiger partial charge in [-0.25, -0.2) is 4.98 Å². The van der Waals surface area contributed by atoms with Crippen LogP contribution in [0.25, 0.3) is 11.0 Å². The largest absolute Gasteiger partial charge is 0.341 e. The molecule has 0 saturated carbocycles. The normalized spacial score (nSPS) is 20.5. The van der Waals surface area contributed by atoms with Crippen LogP contribution >= 0.6 is 11.8 Å². The van der Waals surface area contributed by atoms with Crippen LogP contribution in [0.15, 0.2) is 53.4 Å². The lowest BCUT2D eigenvalue weighted by Gasteiger charge is -2.35. The number of nitrogens with one attached hydrogen (secondary N) is 1. The van der Waals surface area contributed by atoms with Gasteiger partial charge < -0.3 is 14.8 Å². The smallest absolute Gasteiger partial charge is 0.247 e. The number of piperidine rings is 1. The number of carbonyl (C=O) groups is 3. The lowest BCUT2D eigenvalue weighted by atomic mass is 9.95. The number of imidazole rings is 1. The number of nitrogens with zero attached hydrogens (tertiary/aromatic N) is 4. The molecule has 6 rings (SSSR count). The van der Waals surface area contributed by atoms with Crippen LogP contribution in [0.4, 0.5) is 11.6 Å². The quantitative estimate of drug-likeness (QED) is 0.593. The van der Waals surface area contributed by atoms with Crippen molar-refractivity contribution in [2.75, 3.05) is 29.9 Å². The summed E-state index contributed by atoms with van der Waals surface area (Å²) in [6, 6.07) is 15.4. The van der Waals surface area contributed by atoms with Gasteiger partial charge in [0.2, 0.25) is 23.7 Å². The van der Waals surface area contributed by atoms with Crippen LogP contribution in [0.1, 0.15) is 12.8 Å². The van der Waals surface area contributed by atoms with Gasteiger partial charge in [-0.1, -0.05) is 24.3 Å². The molecule has 1 atom stereocenters. The summed E-state index contributed by atoms with van der Waals surface area (Å²) >= 11 is 1.30. The molecule has 168 valence electrons. The van der Waals surface area contributed by atoms with Gasteiger partial charge in [0.25, 0.3) is 0 Å². The molecule has 4 heterocycles. The first-order valence-corrected chi connectivity index (χ1v) is 12.1. The van der Waals surface area contributed by atoms with Crippen molar-refractivity contribution in [3.8, 4) is 0 Å². The average molecular weight is 462 g/mol. The minimum Gasteiger partial charge on any atom is -0.341 e. The third-order valence-corrected chi connectivity index (χ3v) is 7.96. The molecule has 1 aromatic heterocycles. The van der Waals surface area contributed by atoms with Gasteiger partial charge in [0.1, 0.15) is 0 Å². The number of thioether (sulfide) groups is 1. The number of hydrogen-bond donors (Lipinski definition) is 1. The summed E-state index contributed by atoms with van der Waals surface area (Å²) in [6.45, 7) is 2.33. The van der Waals surface area contributed by atoms with Gasteiger partial charge in [-0.2, -0.15) is 0 Å². The molecule has 3 aromatic rings. The van der Waals surface area contributed by atoms with Crippen LogP contribution in [0.3, 0.4) is 0 Å². The molecule has 1 saturated heterocycles. The number of fused-ring (bicyclic) bond motifs is 4. The average Bonchev–Trinajstić information content (AvgIpc) is 3.42. The maximum absolute atomic E-state index is 13.3. The van der Waals surface area contributed by atoms with Crippen molar-refractivity contribution in [1.82, 2.24) is 14.5 Å². The van der Waals surface area contributed by atoms with Gasteiger partial charge in [0.15, 0.2) is 5.25 Å². The Bertz CT molecular complexity index is 1280. The van der Waals surface area contributed by atoms with E-state index in [1.54, 1.807) is 9.80 Å². The fourth-order valence-corrected chi connectivity index (χ4v) is 6.02. The monoisotopic (exact) mass is 461 g/mol. The van der Waals surface area contributed by atoms with Gasteiger partial charge in [-0.3, -0.25) is 19.3 Å². The van der Waals surface area contributed by atoms with Crippen LogP contribution in [0.5, 0.6) is 0 Å². The number of aromatic nitrogens is 2. The van der Waals surface area contributed by atoms with Gasteiger partial charge in [-0.05, 0) is 37.1 Å². The summed E-state index contributed by atoms with van der Waals surface area (Å²) in [5.74, 6) is 0.191. The molecule has 0 bridgehead atoms. The number of hydrogen-bond acceptors (Lipinski definition) is 5. The van der Waals surface area contributed by atoms with E-state index in [1.165, 1.54) is 11.8 Å². The van der Waals surface area contributed by atoms with Crippen LogP contribution in [-0.2, 0) is 20.9 Å². The molecule has 3 aliphatic heterocycles. The van der Waals surface area contributed by atoms with Crippen LogP contribution in [-0.4, -0.2) is 57.1 Å². The minimum absolute atomic E-state index is 0.0786. The molecule has 0 spiro atoms. The van der Waals surface area contributed by atoms with Crippen molar-refractivity contribution in [2.24, 2.45) is 5.92 Å². The summed E-state index contributed by atoms with van der Waals surface area (Å²) in [5, 5.41) is 2.05. The van der Waals surface area contributed by atoms with E-state index in [0.717, 1.165) is 28.2 Å². The van der Waals surface area contributed by atoms with Crippen LogP contribution in [0, 0.1) is 5.92 Å². The van der Waals surface area contributed by atoms with Gasteiger partial charge >= 0.3 is 0 Å². The molecule has 33 heavy (non-hydrogen) atoms. The second-order valence-electron chi connectivity index (χ2n) is 8.62. The highest BCUT2D eigenvalue weighted by Gasteiger charge is 2.39. The minimum atomic E-state index is -0.786. The summed E-state index contributed by atoms with van der Waals surface area (Å²) in [6.07, 6.45) is 1.19. The third kappa shape index (κ3) is 3.38. The summed E-state index contributed by atoms with van der Waals surface area (Å²) in [4.78, 5) is 48.0. The summed E-state index contributed by atoms with van der Waals surface area (Å²) < 4.78 is 2.10. The molecule has 3 amide bonds. The van der Waals surface area contributed by atoms with Crippen molar-refractivity contribution in [3.63, 3.8) is 0 Å². The second kappa shape index (κ2) is 7.91. The molecule has 0 aliphatic carbocycles. The Morgan fingerprint density at radius 2 is 1.70 bits per heavy atom. The maximum atomic E-state index is 13.3. The number of likely N-dealkylation sites (tertiary alicyclic amines) is 1. The lowest BCUT2D eigenvalue weighted by Crippen LogP contribution is -2.49. The van der Waals surface area contributed by atoms with Gasteiger partial charge in [-0.15, -0.1) is 11.8 Å². The number of anilines is 2. The first kappa shape index (κ1) is 20.3. The summed E-state index contributed by atoms with van der Waals surface area (Å²) in [7, 11) is 0. The Balaban J connectivity index is 1.12. The van der Waals surface area contributed by atoms with E-state index in [4.69, 9.17) is 0 Å². The Labute approximate surface area is 194 Å². The third-order valence-electron chi connectivity index (χ3n) is 6.70. The van der Waals surface area contributed by atoms with Crippen molar-refractivity contribution in [1.29, 1.82) is 0 Å². The number of benzene rings is 2. The number of amides is 3. The molecule has 2 aromatic carbocycles. The molecule has 0 unspecified atom stereocenters. The molecule has 1 fully saturated rings.